The van der Waals surface area contributed by atoms with E-state index in [9.17, 15) is 27.6 Å². The van der Waals surface area contributed by atoms with E-state index in [4.69, 9.17) is 9.47 Å². The molecular weight excluding hydrogens is 697 g/mol. The van der Waals surface area contributed by atoms with Crippen LogP contribution < -0.4 is 10.6 Å². The Balaban J connectivity index is 1.68. The number of aryl methyl sites for hydroxylation is 1. The molecule has 1 aromatic heterocycles. The minimum atomic E-state index is -4.02. The second-order valence-electron chi connectivity index (χ2n) is 14.6. The van der Waals surface area contributed by atoms with Crippen LogP contribution in [0.15, 0.2) is 90.0 Å². The van der Waals surface area contributed by atoms with Crippen LogP contribution in [0.5, 0.6) is 0 Å². The van der Waals surface area contributed by atoms with Crippen molar-refractivity contribution in [3.05, 3.63) is 102 Å². The van der Waals surface area contributed by atoms with Crippen molar-refractivity contribution >= 4 is 44.8 Å². The monoisotopic (exact) mass is 746 g/mol. The van der Waals surface area contributed by atoms with E-state index in [1.54, 1.807) is 57.2 Å². The molecule has 1 heterocycles. The second kappa shape index (κ2) is 17.1. The van der Waals surface area contributed by atoms with E-state index in [2.05, 4.69) is 10.6 Å². The van der Waals surface area contributed by atoms with Gasteiger partial charge < -0.3 is 25.0 Å². The number of nitrogens with zero attached hydrogens (tertiary/aromatic N) is 2. The molecule has 0 aliphatic rings. The molecule has 3 amide bonds. The standard InChI is InChI=1S/C40H50N4O8S/c1-26(2)22-32(42-39(48)52-40(4,5)6)37(46)43(7)35(23-28-14-10-9-11-15-28)36(45)41-33(38(47)51-8)24-29-25-44(34-17-13-12-16-31(29)34)53(49,50)30-20-18-27(3)19-21-30/h9-21,25-26,32-33,35H,22-24H2,1-8H3,(H,41,45)(H,42,48)/t32-,33-,35-/m0/s1. The fraction of sp³-hybridized carbons (Fsp3) is 0.400. The highest BCUT2D eigenvalue weighted by Gasteiger charge is 2.36. The summed E-state index contributed by atoms with van der Waals surface area (Å²) in [6.07, 6.45) is 0.961. The van der Waals surface area contributed by atoms with Gasteiger partial charge in [-0.15, -0.1) is 0 Å². The van der Waals surface area contributed by atoms with Crippen molar-refractivity contribution in [3.8, 4) is 0 Å². The maximum absolute atomic E-state index is 14.3. The molecule has 4 rings (SSSR count). The van der Waals surface area contributed by atoms with Crippen LogP contribution in [0.4, 0.5) is 4.79 Å². The summed E-state index contributed by atoms with van der Waals surface area (Å²) in [6, 6.07) is 19.2. The third-order valence-corrected chi connectivity index (χ3v) is 10.3. The van der Waals surface area contributed by atoms with Crippen LogP contribution in [0.3, 0.4) is 0 Å². The summed E-state index contributed by atoms with van der Waals surface area (Å²) in [4.78, 5) is 55.8. The Morgan fingerprint density at radius 1 is 0.849 bits per heavy atom. The van der Waals surface area contributed by atoms with Crippen molar-refractivity contribution in [1.29, 1.82) is 0 Å². The molecule has 4 aromatic rings. The zero-order valence-corrected chi connectivity index (χ0v) is 32.4. The Kier molecular flexibility index (Phi) is 13.1. The summed E-state index contributed by atoms with van der Waals surface area (Å²) >= 11 is 0. The van der Waals surface area contributed by atoms with E-state index in [1.807, 2.05) is 51.1 Å². The van der Waals surface area contributed by atoms with Crippen LogP contribution in [0.25, 0.3) is 10.9 Å². The Labute approximate surface area is 311 Å². The van der Waals surface area contributed by atoms with Gasteiger partial charge in [0.25, 0.3) is 10.0 Å². The number of benzene rings is 3. The number of aromatic nitrogens is 1. The molecule has 284 valence electrons. The fourth-order valence-corrected chi connectivity index (χ4v) is 7.40. The van der Waals surface area contributed by atoms with E-state index in [1.165, 1.54) is 41.4 Å². The molecule has 13 heteroatoms. The smallest absolute Gasteiger partial charge is 0.408 e. The molecule has 0 aliphatic carbocycles. The highest BCUT2D eigenvalue weighted by atomic mass is 32.2. The Morgan fingerprint density at radius 2 is 1.47 bits per heavy atom. The van der Waals surface area contributed by atoms with Gasteiger partial charge in [0, 0.05) is 31.5 Å². The normalized spacial score (nSPS) is 13.5. The lowest BCUT2D eigenvalue weighted by Crippen LogP contribution is -2.57. The molecule has 3 atom stereocenters. The summed E-state index contributed by atoms with van der Waals surface area (Å²) < 4.78 is 39.3. The average Bonchev–Trinajstić information content (AvgIpc) is 3.47. The molecule has 3 aromatic carbocycles. The molecule has 0 unspecified atom stereocenters. The van der Waals surface area contributed by atoms with Gasteiger partial charge in [-0.1, -0.05) is 80.1 Å². The number of nitrogens with one attached hydrogen (secondary N) is 2. The van der Waals surface area contributed by atoms with Gasteiger partial charge in [0.05, 0.1) is 17.5 Å². The maximum Gasteiger partial charge on any atom is 0.408 e. The molecule has 0 radical (unpaired) electrons. The maximum atomic E-state index is 14.3. The number of carbonyl (C=O) groups is 4. The molecule has 2 N–H and O–H groups in total. The number of para-hydroxylation sites is 1. The molecule has 0 saturated heterocycles. The highest BCUT2D eigenvalue weighted by molar-refractivity contribution is 7.90. The number of hydrogen-bond donors (Lipinski definition) is 2. The van der Waals surface area contributed by atoms with Gasteiger partial charge in [0.2, 0.25) is 11.8 Å². The van der Waals surface area contributed by atoms with Gasteiger partial charge in [0.15, 0.2) is 0 Å². The van der Waals surface area contributed by atoms with Crippen LogP contribution in [0.1, 0.15) is 57.7 Å². The van der Waals surface area contributed by atoms with Crippen LogP contribution in [0.2, 0.25) is 0 Å². The first kappa shape index (κ1) is 40.6. The Hall–Kier alpha value is -5.17. The number of carbonyl (C=O) groups excluding carboxylic acids is 4. The Morgan fingerprint density at radius 3 is 2.08 bits per heavy atom. The Bertz CT molecular complexity index is 2020. The zero-order chi connectivity index (χ0) is 39.1. The summed E-state index contributed by atoms with van der Waals surface area (Å²) in [6.45, 7) is 10.8. The van der Waals surface area contributed by atoms with Crippen LogP contribution >= 0.6 is 0 Å². The number of rotatable bonds is 14. The number of amides is 3. The predicted octanol–water partition coefficient (Wildman–Crippen LogP) is 5.40. The third kappa shape index (κ3) is 10.5. The van der Waals surface area contributed by atoms with E-state index in [0.29, 0.717) is 16.5 Å². The molecule has 0 saturated carbocycles. The SMILES string of the molecule is COC(=O)[C@H](Cc1cn(S(=O)(=O)c2ccc(C)cc2)c2ccccc12)NC(=O)[C@H](Cc1ccccc1)N(C)C(=O)[C@H](CC(C)C)NC(=O)OC(C)(C)C. The summed E-state index contributed by atoms with van der Waals surface area (Å²) in [7, 11) is -1.34. The number of methoxy groups -OCH3 is 1. The zero-order valence-electron chi connectivity index (χ0n) is 31.6. The van der Waals surface area contributed by atoms with Crippen molar-refractivity contribution in [2.24, 2.45) is 5.92 Å². The van der Waals surface area contributed by atoms with Crippen molar-refractivity contribution in [2.75, 3.05) is 14.2 Å². The highest BCUT2D eigenvalue weighted by Crippen LogP contribution is 2.27. The number of likely N-dealkylation sites (N-methyl/N-ethyl adjacent to an activating group) is 1. The second-order valence-corrected chi connectivity index (χ2v) is 16.4. The van der Waals surface area contributed by atoms with E-state index in [-0.39, 0.29) is 30.1 Å². The van der Waals surface area contributed by atoms with Crippen molar-refractivity contribution in [3.63, 3.8) is 0 Å². The van der Waals surface area contributed by atoms with E-state index < -0.39 is 57.6 Å². The van der Waals surface area contributed by atoms with E-state index >= 15 is 0 Å². The first-order chi connectivity index (χ1) is 24.9. The lowest BCUT2D eigenvalue weighted by Gasteiger charge is -2.32. The van der Waals surface area contributed by atoms with Crippen molar-refractivity contribution < 1.29 is 37.1 Å². The summed E-state index contributed by atoms with van der Waals surface area (Å²) in [5, 5.41) is 6.05. The quantitative estimate of drug-likeness (QED) is 0.163. The number of ether oxygens (including phenoxy) is 2. The van der Waals surface area contributed by atoms with Crippen LogP contribution in [-0.4, -0.2) is 79.1 Å². The lowest BCUT2D eigenvalue weighted by molar-refractivity contribution is -0.146. The summed E-state index contributed by atoms with van der Waals surface area (Å²) in [5.74, 6) is -1.90. The van der Waals surface area contributed by atoms with Gasteiger partial charge in [-0.25, -0.2) is 22.0 Å². The molecule has 0 bridgehead atoms. The topological polar surface area (TPSA) is 153 Å². The number of alkyl carbamates (subject to hydrolysis) is 1. The van der Waals surface area contributed by atoms with Crippen LogP contribution in [0, 0.1) is 12.8 Å². The number of hydrogen-bond acceptors (Lipinski definition) is 8. The molecule has 53 heavy (non-hydrogen) atoms. The summed E-state index contributed by atoms with van der Waals surface area (Å²) in [5.41, 5.74) is 1.75. The number of esters is 1. The van der Waals surface area contributed by atoms with Crippen molar-refractivity contribution in [2.45, 2.75) is 89.4 Å². The largest absolute Gasteiger partial charge is 0.467 e. The van der Waals surface area contributed by atoms with Gasteiger partial charge >= 0.3 is 12.1 Å². The number of fused-ring (bicyclic) bond motifs is 1. The predicted molar refractivity (Wildman–Crippen MR) is 203 cm³/mol. The third-order valence-electron chi connectivity index (χ3n) is 8.65. The van der Waals surface area contributed by atoms with Gasteiger partial charge in [-0.3, -0.25) is 9.59 Å². The van der Waals surface area contributed by atoms with Gasteiger partial charge in [-0.2, -0.15) is 0 Å². The van der Waals surface area contributed by atoms with Crippen molar-refractivity contribution in [1.82, 2.24) is 19.5 Å². The first-order valence-corrected chi connectivity index (χ1v) is 18.9. The fourth-order valence-electron chi connectivity index (χ4n) is 6.01. The average molecular weight is 747 g/mol. The van der Waals surface area contributed by atoms with E-state index in [0.717, 1.165) is 11.1 Å². The van der Waals surface area contributed by atoms with Gasteiger partial charge in [0.1, 0.15) is 23.7 Å². The van der Waals surface area contributed by atoms with Crippen LogP contribution in [-0.2, 0) is 46.7 Å². The molecule has 0 fully saturated rings. The molecule has 0 spiro atoms. The molecule has 0 aliphatic heterocycles. The lowest BCUT2D eigenvalue weighted by atomic mass is 9.99. The minimum Gasteiger partial charge on any atom is -0.467 e. The minimum absolute atomic E-state index is 0.00865. The molecule has 12 nitrogen and oxygen atoms in total. The molecular formula is C40H50N4O8S. The van der Waals surface area contributed by atoms with Gasteiger partial charge in [-0.05, 0) is 69.4 Å². The first-order valence-electron chi connectivity index (χ1n) is 17.5.